The molecule has 0 radical (unpaired) electrons. The highest BCUT2D eigenvalue weighted by Crippen LogP contribution is 1.94. The molecule has 0 heterocycles. The van der Waals surface area contributed by atoms with E-state index in [1.807, 2.05) is 0 Å². The number of rotatable bonds is 5. The number of benzene rings is 1. The Morgan fingerprint density at radius 2 is 1.92 bits per heavy atom. The Bertz CT molecular complexity index is 196. The number of nitrogens with two attached hydrogens (primary N) is 1. The third-order valence-electron chi connectivity index (χ3n) is 1.88. The Morgan fingerprint density at radius 1 is 1.17 bits per heavy atom. The van der Waals surface area contributed by atoms with Crippen LogP contribution < -0.4 is 11.1 Å². The van der Waals surface area contributed by atoms with E-state index in [4.69, 9.17) is 0 Å². The third kappa shape index (κ3) is 3.51. The molecule has 0 bridgehead atoms. The summed E-state index contributed by atoms with van der Waals surface area (Å²) in [5.74, 6) is 0. The van der Waals surface area contributed by atoms with E-state index in [0.717, 1.165) is 13.1 Å². The smallest absolute Gasteiger partial charge is 0.101 e. The molecule has 2 heteroatoms. The van der Waals surface area contributed by atoms with E-state index in [0.29, 0.717) is 0 Å². The van der Waals surface area contributed by atoms with E-state index in [2.05, 4.69) is 41.4 Å². The second kappa shape index (κ2) is 5.75. The molecule has 2 nitrogen and oxygen atoms in total. The second-order valence-electron chi connectivity index (χ2n) is 2.97. The molecule has 1 rings (SSSR count). The van der Waals surface area contributed by atoms with Crippen molar-refractivity contribution in [2.24, 2.45) is 0 Å². The van der Waals surface area contributed by atoms with Gasteiger partial charge in [0, 0.05) is 12.0 Å². The van der Waals surface area contributed by atoms with Crippen LogP contribution in [0, 0.1) is 0 Å². The molecule has 0 amide bonds. The molecule has 0 spiro atoms. The maximum Gasteiger partial charge on any atom is 0.101 e. The number of hydrogen-bond donors (Lipinski definition) is 2. The van der Waals surface area contributed by atoms with Gasteiger partial charge in [-0.25, -0.2) is 0 Å². The zero-order valence-corrected chi connectivity index (χ0v) is 7.50. The van der Waals surface area contributed by atoms with Crippen LogP contribution in [0.15, 0.2) is 30.3 Å². The van der Waals surface area contributed by atoms with Crippen molar-refractivity contribution in [3.05, 3.63) is 35.9 Å². The first-order valence-electron chi connectivity index (χ1n) is 4.58. The molecule has 5 N–H and O–H groups in total. The molecule has 12 heavy (non-hydrogen) atoms. The SMILES string of the molecule is [NH3+]CCC[NH2+]Cc1ccccc1. The van der Waals surface area contributed by atoms with Crippen molar-refractivity contribution in [3.8, 4) is 0 Å². The second-order valence-corrected chi connectivity index (χ2v) is 2.97. The summed E-state index contributed by atoms with van der Waals surface area (Å²) in [4.78, 5) is 0. The van der Waals surface area contributed by atoms with Crippen LogP contribution in [0.25, 0.3) is 0 Å². The summed E-state index contributed by atoms with van der Waals surface area (Å²) in [5, 5.41) is 2.33. The summed E-state index contributed by atoms with van der Waals surface area (Å²) >= 11 is 0. The van der Waals surface area contributed by atoms with Gasteiger partial charge in [0.1, 0.15) is 6.54 Å². The zero-order valence-electron chi connectivity index (χ0n) is 7.50. The van der Waals surface area contributed by atoms with Crippen molar-refractivity contribution in [2.45, 2.75) is 13.0 Å². The molecule has 0 saturated heterocycles. The van der Waals surface area contributed by atoms with Crippen LogP contribution in [0.5, 0.6) is 0 Å². The van der Waals surface area contributed by atoms with Crippen molar-refractivity contribution < 1.29 is 11.1 Å². The van der Waals surface area contributed by atoms with Gasteiger partial charge in [-0.3, -0.25) is 0 Å². The fourth-order valence-electron chi connectivity index (χ4n) is 1.17. The van der Waals surface area contributed by atoms with Crippen LogP contribution in [0.4, 0.5) is 0 Å². The predicted molar refractivity (Wildman–Crippen MR) is 49.3 cm³/mol. The lowest BCUT2D eigenvalue weighted by atomic mass is 10.2. The summed E-state index contributed by atoms with van der Waals surface area (Å²) in [6, 6.07) is 10.6. The van der Waals surface area contributed by atoms with Crippen molar-refractivity contribution in [1.29, 1.82) is 0 Å². The van der Waals surface area contributed by atoms with Crippen LogP contribution in [0.3, 0.4) is 0 Å². The molecule has 0 saturated carbocycles. The van der Waals surface area contributed by atoms with E-state index >= 15 is 0 Å². The minimum atomic E-state index is 1.05. The standard InChI is InChI=1S/C10H16N2/c11-7-4-8-12-9-10-5-2-1-3-6-10/h1-3,5-6,12H,4,7-9,11H2/p+2. The fraction of sp³-hybridized carbons (Fsp3) is 0.400. The predicted octanol–water partition coefficient (Wildman–Crippen LogP) is -0.618. The first kappa shape index (κ1) is 9.23. The average Bonchev–Trinajstić information content (AvgIpc) is 2.14. The summed E-state index contributed by atoms with van der Waals surface area (Å²) in [6.07, 6.45) is 1.22. The van der Waals surface area contributed by atoms with Crippen LogP contribution in [-0.4, -0.2) is 13.1 Å². The Labute approximate surface area is 73.8 Å². The van der Waals surface area contributed by atoms with Crippen LogP contribution in [0.2, 0.25) is 0 Å². The van der Waals surface area contributed by atoms with Gasteiger partial charge in [0.2, 0.25) is 0 Å². The first-order valence-corrected chi connectivity index (χ1v) is 4.58. The molecule has 0 atom stereocenters. The Hall–Kier alpha value is -0.860. The first-order chi connectivity index (χ1) is 5.93. The molecule has 0 fully saturated rings. The van der Waals surface area contributed by atoms with Crippen molar-refractivity contribution in [2.75, 3.05) is 13.1 Å². The normalized spacial score (nSPS) is 10.1. The van der Waals surface area contributed by atoms with Gasteiger partial charge in [0.05, 0.1) is 13.1 Å². The third-order valence-corrected chi connectivity index (χ3v) is 1.88. The van der Waals surface area contributed by atoms with Gasteiger partial charge in [0.25, 0.3) is 0 Å². The lowest BCUT2D eigenvalue weighted by Crippen LogP contribution is -2.83. The minimum absolute atomic E-state index is 1.05. The average molecular weight is 166 g/mol. The molecule has 0 aromatic heterocycles. The van der Waals surface area contributed by atoms with Gasteiger partial charge >= 0.3 is 0 Å². The summed E-state index contributed by atoms with van der Waals surface area (Å²) < 4.78 is 0. The van der Waals surface area contributed by atoms with E-state index in [9.17, 15) is 0 Å². The summed E-state index contributed by atoms with van der Waals surface area (Å²) in [5.41, 5.74) is 5.21. The number of hydrogen-bond acceptors (Lipinski definition) is 0. The quantitative estimate of drug-likeness (QED) is 0.548. The van der Waals surface area contributed by atoms with Gasteiger partial charge < -0.3 is 11.1 Å². The highest BCUT2D eigenvalue weighted by Gasteiger charge is 1.92. The Balaban J connectivity index is 2.16. The Kier molecular flexibility index (Phi) is 4.42. The van der Waals surface area contributed by atoms with Gasteiger partial charge in [-0.15, -0.1) is 0 Å². The van der Waals surface area contributed by atoms with Gasteiger partial charge in [-0.1, -0.05) is 30.3 Å². The van der Waals surface area contributed by atoms with E-state index in [-0.39, 0.29) is 0 Å². The van der Waals surface area contributed by atoms with Crippen molar-refractivity contribution in [1.82, 2.24) is 0 Å². The largest absolute Gasteiger partial charge is 0.357 e. The molecular weight excluding hydrogens is 148 g/mol. The lowest BCUT2D eigenvalue weighted by Gasteiger charge is -1.99. The van der Waals surface area contributed by atoms with Crippen molar-refractivity contribution >= 4 is 0 Å². The summed E-state index contributed by atoms with van der Waals surface area (Å²) in [7, 11) is 0. The molecule has 66 valence electrons. The van der Waals surface area contributed by atoms with E-state index in [1.54, 1.807) is 0 Å². The Morgan fingerprint density at radius 3 is 2.58 bits per heavy atom. The van der Waals surface area contributed by atoms with Crippen LogP contribution in [-0.2, 0) is 6.54 Å². The van der Waals surface area contributed by atoms with E-state index < -0.39 is 0 Å². The van der Waals surface area contributed by atoms with Gasteiger partial charge in [-0.05, 0) is 0 Å². The number of quaternary nitrogens is 2. The maximum atomic E-state index is 3.81. The highest BCUT2D eigenvalue weighted by molar-refractivity contribution is 5.12. The maximum absolute atomic E-state index is 3.81. The molecule has 1 aromatic rings. The summed E-state index contributed by atoms with van der Waals surface area (Å²) in [6.45, 7) is 3.34. The van der Waals surface area contributed by atoms with Crippen molar-refractivity contribution in [3.63, 3.8) is 0 Å². The van der Waals surface area contributed by atoms with Crippen LogP contribution in [0.1, 0.15) is 12.0 Å². The minimum Gasteiger partial charge on any atom is -0.357 e. The zero-order chi connectivity index (χ0) is 8.65. The molecule has 0 aliphatic rings. The van der Waals surface area contributed by atoms with Crippen LogP contribution >= 0.6 is 0 Å². The van der Waals surface area contributed by atoms with E-state index in [1.165, 1.54) is 18.5 Å². The fourth-order valence-corrected chi connectivity index (χ4v) is 1.17. The molecule has 0 aliphatic heterocycles. The highest BCUT2D eigenvalue weighted by atomic mass is 14.8. The topological polar surface area (TPSA) is 44.2 Å². The van der Waals surface area contributed by atoms with Gasteiger partial charge in [0.15, 0.2) is 0 Å². The molecule has 1 aromatic carbocycles. The monoisotopic (exact) mass is 166 g/mol. The molecule has 0 unspecified atom stereocenters. The molecular formula is C10H18N2+2. The lowest BCUT2D eigenvalue weighted by molar-refractivity contribution is -0.672. The molecule has 0 aliphatic carbocycles. The van der Waals surface area contributed by atoms with Gasteiger partial charge in [-0.2, -0.15) is 0 Å².